The summed E-state index contributed by atoms with van der Waals surface area (Å²) in [6.45, 7) is 36.2. The van der Waals surface area contributed by atoms with E-state index in [-0.39, 0.29) is 24.6 Å². The van der Waals surface area contributed by atoms with Gasteiger partial charge in [0.25, 0.3) is 6.47 Å². The average Bonchev–Trinajstić information content (AvgIpc) is 3.81. The van der Waals surface area contributed by atoms with Crippen LogP contribution >= 0.6 is 0 Å². The minimum atomic E-state index is -0.394. The molecule has 0 spiro atoms. The first-order valence-electron chi connectivity index (χ1n) is 31.1. The Bertz CT molecular complexity index is 1070. The first-order chi connectivity index (χ1) is 34.7. The average molecular weight is 1030 g/mol. The zero-order chi connectivity index (χ0) is 55.0. The van der Waals surface area contributed by atoms with E-state index in [2.05, 4.69) is 53.4 Å². The lowest BCUT2D eigenvalue weighted by atomic mass is 9.87. The molecule has 0 aromatic heterocycles. The summed E-state index contributed by atoms with van der Waals surface area (Å²) >= 11 is 0. The van der Waals surface area contributed by atoms with Gasteiger partial charge in [0.15, 0.2) is 0 Å². The second-order valence-electron chi connectivity index (χ2n) is 22.2. The lowest BCUT2D eigenvalue weighted by Gasteiger charge is -2.23. The summed E-state index contributed by atoms with van der Waals surface area (Å²) in [4.78, 5) is 36.5. The predicted molar refractivity (Wildman–Crippen MR) is 311 cm³/mol. The number of likely N-dealkylation sites (tertiary alicyclic amines) is 1. The summed E-state index contributed by atoms with van der Waals surface area (Å²) in [6, 6.07) is 0. The second-order valence-corrected chi connectivity index (χ2v) is 22.2. The van der Waals surface area contributed by atoms with E-state index in [1.165, 1.54) is 148 Å². The number of carbonyl (C=O) groups is 3. The molecule has 9 nitrogen and oxygen atoms in total. The maximum atomic E-state index is 12.5. The van der Waals surface area contributed by atoms with Gasteiger partial charge in [0.2, 0.25) is 0 Å². The molecule has 1 heterocycles. The normalized spacial score (nSPS) is 13.5. The van der Waals surface area contributed by atoms with E-state index in [4.69, 9.17) is 24.1 Å². The first kappa shape index (κ1) is 76.8. The van der Waals surface area contributed by atoms with Crippen LogP contribution in [0.4, 0.5) is 0 Å². The number of aliphatic hydroxyl groups is 1. The van der Waals surface area contributed by atoms with Gasteiger partial charge in [0.1, 0.15) is 6.10 Å². The fraction of sp³-hybridized carbons (Fsp3) is 0.952. The van der Waals surface area contributed by atoms with E-state index in [0.29, 0.717) is 44.7 Å². The van der Waals surface area contributed by atoms with Gasteiger partial charge in [-0.2, -0.15) is 0 Å². The molecular weight excluding hydrogens is 899 g/mol. The van der Waals surface area contributed by atoms with Crippen molar-refractivity contribution in [2.75, 3.05) is 52.7 Å². The van der Waals surface area contributed by atoms with Crippen molar-refractivity contribution >= 4 is 18.4 Å². The molecule has 1 aliphatic rings. The number of hydrogen-bond acceptors (Lipinski definition) is 9. The fourth-order valence-corrected chi connectivity index (χ4v) is 9.12. The standard InChI is InChI=1S/C26H52O4.C18H35NO2.C15H30O2.2C2H6/c1-5-7-11-16-24(17-12-8-6-2)18-15-22-30-25(28)26(3,4)19-13-9-10-14-21-29-23-20-27;1-5-10-17(20)21-16-11-14-19(15-16)13-9-7-6-8-12-18(2,3)4;1-3-5-7-10-15(11-8-6-4-2)12-9-13-17-14-16;2*1-2/h24,27H,5-23H2,1-4H3;16H,5-15H2,1-4H3;14-15H,3-13H2,1-2H3;2*1-2H3. The summed E-state index contributed by atoms with van der Waals surface area (Å²) in [5.74, 6) is 1.59. The van der Waals surface area contributed by atoms with Crippen LogP contribution in [0.25, 0.3) is 0 Å². The zero-order valence-corrected chi connectivity index (χ0v) is 51.1. The highest BCUT2D eigenvalue weighted by atomic mass is 16.5. The van der Waals surface area contributed by atoms with E-state index in [0.717, 1.165) is 89.3 Å². The first-order valence-corrected chi connectivity index (χ1v) is 31.1. The Balaban J connectivity index is -0.000000483. The molecule has 1 fully saturated rings. The molecule has 0 radical (unpaired) electrons. The Hall–Kier alpha value is -1.71. The van der Waals surface area contributed by atoms with Gasteiger partial charge in [-0.25, -0.2) is 0 Å². The Labute approximate surface area is 450 Å². The summed E-state index contributed by atoms with van der Waals surface area (Å²) in [5.41, 5.74) is 0.0829. The summed E-state index contributed by atoms with van der Waals surface area (Å²) in [5, 5.41) is 8.67. The molecule has 1 unspecified atom stereocenters. The van der Waals surface area contributed by atoms with Crippen LogP contribution in [-0.4, -0.2) is 87.2 Å². The Kier molecular flexibility index (Phi) is 62.4. The Morgan fingerprint density at radius 1 is 0.569 bits per heavy atom. The van der Waals surface area contributed by atoms with Gasteiger partial charge in [-0.05, 0) is 102 Å². The topological polar surface area (TPSA) is 112 Å². The van der Waals surface area contributed by atoms with Gasteiger partial charge in [-0.15, -0.1) is 0 Å². The summed E-state index contributed by atoms with van der Waals surface area (Å²) in [7, 11) is 0. The molecule has 72 heavy (non-hydrogen) atoms. The molecule has 0 saturated carbocycles. The SMILES string of the molecule is CC.CC.CCCC(=O)OC1CCN(CCCCCCC(C)(C)C)C1.CCCCCC(CCCCC)CCCOC(=O)C(C)(C)CCCCCCOCCO.CCCCCC(CCCCC)CCCOC=O. The van der Waals surface area contributed by atoms with Gasteiger partial charge >= 0.3 is 11.9 Å². The molecule has 1 atom stereocenters. The molecule has 1 rings (SSSR count). The molecular formula is C63H129NO8. The van der Waals surface area contributed by atoms with E-state index in [1.807, 2.05) is 48.5 Å². The third-order valence-corrected chi connectivity index (χ3v) is 13.6. The van der Waals surface area contributed by atoms with E-state index < -0.39 is 5.41 Å². The molecule has 0 aromatic carbocycles. The van der Waals surface area contributed by atoms with Crippen molar-refractivity contribution in [2.24, 2.45) is 22.7 Å². The molecule has 9 heteroatoms. The van der Waals surface area contributed by atoms with Crippen molar-refractivity contribution < 1.29 is 38.4 Å². The minimum absolute atomic E-state index is 0.0217. The van der Waals surface area contributed by atoms with Gasteiger partial charge < -0.3 is 24.1 Å². The van der Waals surface area contributed by atoms with Crippen LogP contribution in [0.5, 0.6) is 0 Å². The van der Waals surface area contributed by atoms with Gasteiger partial charge in [0.05, 0.1) is 31.8 Å². The number of hydrogen-bond donors (Lipinski definition) is 1. The van der Waals surface area contributed by atoms with Crippen LogP contribution < -0.4 is 0 Å². The molecule has 1 saturated heterocycles. The van der Waals surface area contributed by atoms with Crippen LogP contribution in [0.3, 0.4) is 0 Å². The molecule has 0 aliphatic carbocycles. The van der Waals surface area contributed by atoms with Gasteiger partial charge in [-0.1, -0.05) is 224 Å². The number of esters is 2. The monoisotopic (exact) mass is 1030 g/mol. The highest BCUT2D eigenvalue weighted by molar-refractivity contribution is 5.75. The summed E-state index contributed by atoms with van der Waals surface area (Å²) < 4.78 is 21.2. The molecule has 0 aromatic rings. The number of unbranched alkanes of at least 4 members (excludes halogenated alkanes) is 14. The number of rotatable bonds is 44. The van der Waals surface area contributed by atoms with Crippen LogP contribution in [0.1, 0.15) is 309 Å². The minimum Gasteiger partial charge on any atom is -0.468 e. The maximum absolute atomic E-state index is 12.5. The molecule has 0 bridgehead atoms. The van der Waals surface area contributed by atoms with Crippen LogP contribution in [0.15, 0.2) is 0 Å². The third-order valence-electron chi connectivity index (χ3n) is 13.6. The fourth-order valence-electron chi connectivity index (χ4n) is 9.12. The van der Waals surface area contributed by atoms with Crippen molar-refractivity contribution in [3.63, 3.8) is 0 Å². The lowest BCUT2D eigenvalue weighted by Crippen LogP contribution is -2.27. The maximum Gasteiger partial charge on any atom is 0.311 e. The highest BCUT2D eigenvalue weighted by Crippen LogP contribution is 2.28. The number of carbonyl (C=O) groups excluding carboxylic acids is 3. The second kappa shape index (κ2) is 58.5. The molecule has 1 aliphatic heterocycles. The van der Waals surface area contributed by atoms with Crippen molar-refractivity contribution in [1.82, 2.24) is 4.90 Å². The van der Waals surface area contributed by atoms with Gasteiger partial charge in [-0.3, -0.25) is 19.3 Å². The van der Waals surface area contributed by atoms with Gasteiger partial charge in [0, 0.05) is 26.1 Å². The van der Waals surface area contributed by atoms with Crippen molar-refractivity contribution in [3.05, 3.63) is 0 Å². The molecule has 1 N–H and O–H groups in total. The van der Waals surface area contributed by atoms with Crippen LogP contribution in [0, 0.1) is 22.7 Å². The number of aliphatic hydroxyl groups excluding tert-OH is 1. The zero-order valence-electron chi connectivity index (χ0n) is 51.1. The quantitative estimate of drug-likeness (QED) is 0.0276. The third kappa shape index (κ3) is 56.0. The highest BCUT2D eigenvalue weighted by Gasteiger charge is 2.29. The van der Waals surface area contributed by atoms with Crippen molar-refractivity contribution in [3.8, 4) is 0 Å². The Morgan fingerprint density at radius 3 is 1.51 bits per heavy atom. The van der Waals surface area contributed by atoms with Crippen molar-refractivity contribution in [1.29, 1.82) is 0 Å². The van der Waals surface area contributed by atoms with Crippen LogP contribution in [0.2, 0.25) is 0 Å². The number of ether oxygens (including phenoxy) is 4. The number of nitrogens with zero attached hydrogens (tertiary/aromatic N) is 1. The van der Waals surface area contributed by atoms with E-state index >= 15 is 0 Å². The van der Waals surface area contributed by atoms with E-state index in [9.17, 15) is 14.4 Å². The Morgan fingerprint density at radius 2 is 1.04 bits per heavy atom. The molecule has 0 amide bonds. The summed E-state index contributed by atoms with van der Waals surface area (Å²) in [6.07, 6.45) is 40.2. The van der Waals surface area contributed by atoms with Crippen molar-refractivity contribution in [2.45, 2.75) is 315 Å². The lowest BCUT2D eigenvalue weighted by molar-refractivity contribution is -0.154. The smallest absolute Gasteiger partial charge is 0.311 e. The van der Waals surface area contributed by atoms with Crippen LogP contribution in [-0.2, 0) is 33.3 Å². The molecule has 434 valence electrons. The largest absolute Gasteiger partial charge is 0.468 e. The van der Waals surface area contributed by atoms with E-state index in [1.54, 1.807) is 0 Å². The predicted octanol–water partition coefficient (Wildman–Crippen LogP) is 18.2.